The van der Waals surface area contributed by atoms with Crippen LogP contribution in [-0.2, 0) is 22.8 Å². The topological polar surface area (TPSA) is 55.1 Å². The maximum Gasteiger partial charge on any atom is 0.416 e. The second-order valence-corrected chi connectivity index (χ2v) is 7.72. The first-order valence-corrected chi connectivity index (χ1v) is 9.60. The number of hydrogen-bond acceptors (Lipinski definition) is 3. The smallest absolute Gasteiger partial charge is 0.416 e. The lowest BCUT2D eigenvalue weighted by Gasteiger charge is -2.26. The molecular formula is C23H23F3N2O2. The van der Waals surface area contributed by atoms with Crippen LogP contribution in [0, 0.1) is 0 Å². The molecule has 3 rings (SSSR count). The Morgan fingerprint density at radius 1 is 1.03 bits per heavy atom. The fraction of sp³-hybridized carbons (Fsp3) is 0.304. The van der Waals surface area contributed by atoms with Gasteiger partial charge in [-0.25, -0.2) is 4.98 Å². The molecule has 0 bridgehead atoms. The summed E-state index contributed by atoms with van der Waals surface area (Å²) in [5.74, 6) is 0.882. The molecule has 4 nitrogen and oxygen atoms in total. The summed E-state index contributed by atoms with van der Waals surface area (Å²) in [6.45, 7) is 3.81. The van der Waals surface area contributed by atoms with Gasteiger partial charge in [0.25, 0.3) is 0 Å². The van der Waals surface area contributed by atoms with Crippen LogP contribution >= 0.6 is 0 Å². The van der Waals surface area contributed by atoms with Crippen molar-refractivity contribution >= 4 is 5.91 Å². The van der Waals surface area contributed by atoms with Crippen LogP contribution < -0.4 is 5.32 Å². The van der Waals surface area contributed by atoms with Crippen molar-refractivity contribution in [3.05, 3.63) is 77.8 Å². The Balaban J connectivity index is 1.54. The average Bonchev–Trinajstić information content (AvgIpc) is 3.20. The average molecular weight is 416 g/mol. The Morgan fingerprint density at radius 3 is 2.43 bits per heavy atom. The molecule has 158 valence electrons. The fourth-order valence-electron chi connectivity index (χ4n) is 3.01. The summed E-state index contributed by atoms with van der Waals surface area (Å²) in [5, 5.41) is 2.80. The maximum atomic E-state index is 13.0. The van der Waals surface area contributed by atoms with Gasteiger partial charge in [-0.2, -0.15) is 13.2 Å². The highest BCUT2D eigenvalue weighted by atomic mass is 19.4. The van der Waals surface area contributed by atoms with E-state index < -0.39 is 17.2 Å². The van der Waals surface area contributed by atoms with Crippen LogP contribution in [0.5, 0.6) is 0 Å². The van der Waals surface area contributed by atoms with Crippen molar-refractivity contribution in [3.63, 3.8) is 0 Å². The predicted octanol–water partition coefficient (Wildman–Crippen LogP) is 5.39. The SMILES string of the molecule is CC(C)(CNC(=O)CCc1ncc(-c2ccccc2)o1)c1cccc(C(F)(F)F)c1. The van der Waals surface area contributed by atoms with Crippen molar-refractivity contribution in [3.8, 4) is 11.3 Å². The number of nitrogens with zero attached hydrogens (tertiary/aromatic N) is 1. The number of rotatable bonds is 7. The van der Waals surface area contributed by atoms with Crippen LogP contribution in [0.4, 0.5) is 13.2 Å². The van der Waals surface area contributed by atoms with Gasteiger partial charge in [-0.15, -0.1) is 0 Å². The minimum absolute atomic E-state index is 0.174. The third-order valence-electron chi connectivity index (χ3n) is 4.88. The maximum absolute atomic E-state index is 13.0. The summed E-state index contributed by atoms with van der Waals surface area (Å²) in [6, 6.07) is 14.7. The van der Waals surface area contributed by atoms with E-state index in [-0.39, 0.29) is 18.9 Å². The van der Waals surface area contributed by atoms with E-state index in [0.717, 1.165) is 17.7 Å². The van der Waals surface area contributed by atoms with E-state index in [4.69, 9.17) is 4.42 Å². The molecule has 1 aromatic heterocycles. The van der Waals surface area contributed by atoms with Gasteiger partial charge in [0.1, 0.15) is 0 Å². The van der Waals surface area contributed by atoms with Crippen molar-refractivity contribution in [1.29, 1.82) is 0 Å². The van der Waals surface area contributed by atoms with Gasteiger partial charge in [-0.3, -0.25) is 4.79 Å². The van der Waals surface area contributed by atoms with Crippen molar-refractivity contribution < 1.29 is 22.4 Å². The molecule has 1 heterocycles. The largest absolute Gasteiger partial charge is 0.441 e. The number of alkyl halides is 3. The summed E-state index contributed by atoms with van der Waals surface area (Å²) < 4.78 is 44.6. The van der Waals surface area contributed by atoms with Crippen LogP contribution in [0.15, 0.2) is 65.2 Å². The van der Waals surface area contributed by atoms with Gasteiger partial charge in [0, 0.05) is 30.4 Å². The van der Waals surface area contributed by atoms with E-state index in [1.54, 1.807) is 26.1 Å². The number of carbonyl (C=O) groups excluding carboxylic acids is 1. The molecule has 1 N–H and O–H groups in total. The first-order chi connectivity index (χ1) is 14.1. The Morgan fingerprint density at radius 2 is 1.73 bits per heavy atom. The third-order valence-corrected chi connectivity index (χ3v) is 4.88. The molecule has 7 heteroatoms. The van der Waals surface area contributed by atoms with E-state index in [0.29, 0.717) is 23.6 Å². The summed E-state index contributed by atoms with van der Waals surface area (Å²) in [5.41, 5.74) is 0.0687. The fourth-order valence-corrected chi connectivity index (χ4v) is 3.01. The van der Waals surface area contributed by atoms with E-state index in [2.05, 4.69) is 10.3 Å². The van der Waals surface area contributed by atoms with E-state index in [1.807, 2.05) is 30.3 Å². The monoisotopic (exact) mass is 416 g/mol. The molecule has 3 aromatic rings. The van der Waals surface area contributed by atoms with Crippen molar-refractivity contribution in [1.82, 2.24) is 10.3 Å². The zero-order chi connectivity index (χ0) is 21.8. The van der Waals surface area contributed by atoms with Gasteiger partial charge in [0.05, 0.1) is 11.8 Å². The zero-order valence-corrected chi connectivity index (χ0v) is 16.8. The van der Waals surface area contributed by atoms with Crippen LogP contribution in [0.3, 0.4) is 0 Å². The number of aromatic nitrogens is 1. The van der Waals surface area contributed by atoms with Gasteiger partial charge in [0.15, 0.2) is 11.7 Å². The summed E-state index contributed by atoms with van der Waals surface area (Å²) in [6.07, 6.45) is -2.26. The van der Waals surface area contributed by atoms with Gasteiger partial charge in [-0.1, -0.05) is 62.4 Å². The first kappa shape index (κ1) is 21.6. The lowest BCUT2D eigenvalue weighted by Crippen LogP contribution is -2.37. The second kappa shape index (κ2) is 8.73. The molecular weight excluding hydrogens is 393 g/mol. The quantitative estimate of drug-likeness (QED) is 0.562. The second-order valence-electron chi connectivity index (χ2n) is 7.72. The molecule has 0 fully saturated rings. The predicted molar refractivity (Wildman–Crippen MR) is 108 cm³/mol. The Hall–Kier alpha value is -3.09. The molecule has 0 radical (unpaired) electrons. The highest BCUT2D eigenvalue weighted by Crippen LogP contribution is 2.32. The van der Waals surface area contributed by atoms with Crippen LogP contribution in [-0.4, -0.2) is 17.4 Å². The normalized spacial score (nSPS) is 12.0. The first-order valence-electron chi connectivity index (χ1n) is 9.60. The lowest BCUT2D eigenvalue weighted by atomic mass is 9.83. The van der Waals surface area contributed by atoms with Crippen molar-refractivity contribution in [2.75, 3.05) is 6.54 Å². The molecule has 1 amide bonds. The van der Waals surface area contributed by atoms with E-state index in [1.165, 1.54) is 6.07 Å². The van der Waals surface area contributed by atoms with Crippen LogP contribution in [0.2, 0.25) is 0 Å². The van der Waals surface area contributed by atoms with Crippen molar-refractivity contribution in [2.45, 2.75) is 38.3 Å². The molecule has 0 aliphatic heterocycles. The lowest BCUT2D eigenvalue weighted by molar-refractivity contribution is -0.137. The summed E-state index contributed by atoms with van der Waals surface area (Å²) in [4.78, 5) is 16.4. The number of aryl methyl sites for hydroxylation is 1. The molecule has 0 unspecified atom stereocenters. The molecule has 0 aliphatic carbocycles. The minimum Gasteiger partial charge on any atom is -0.441 e. The highest BCUT2D eigenvalue weighted by Gasteiger charge is 2.32. The van der Waals surface area contributed by atoms with Gasteiger partial charge < -0.3 is 9.73 Å². The van der Waals surface area contributed by atoms with E-state index in [9.17, 15) is 18.0 Å². The summed E-state index contributed by atoms with van der Waals surface area (Å²) >= 11 is 0. The minimum atomic E-state index is -4.40. The molecule has 0 saturated heterocycles. The van der Waals surface area contributed by atoms with Gasteiger partial charge in [-0.05, 0) is 11.6 Å². The molecule has 0 atom stereocenters. The van der Waals surface area contributed by atoms with Crippen LogP contribution in [0.1, 0.15) is 37.3 Å². The van der Waals surface area contributed by atoms with Crippen molar-refractivity contribution in [2.24, 2.45) is 0 Å². The number of benzene rings is 2. The van der Waals surface area contributed by atoms with E-state index >= 15 is 0 Å². The standard InChI is InChI=1S/C23H23F3N2O2/c1-22(2,17-9-6-10-18(13-17)23(24,25)26)15-28-20(29)11-12-21-27-14-19(30-21)16-7-4-3-5-8-16/h3-10,13-14H,11-12,15H2,1-2H3,(H,28,29). The number of halogens is 3. The third kappa shape index (κ3) is 5.49. The Labute approximate surface area is 173 Å². The molecule has 2 aromatic carbocycles. The Bertz CT molecular complexity index is 995. The summed E-state index contributed by atoms with van der Waals surface area (Å²) in [7, 11) is 0. The molecule has 0 saturated carbocycles. The number of carbonyl (C=O) groups is 1. The van der Waals surface area contributed by atoms with Gasteiger partial charge >= 0.3 is 6.18 Å². The molecule has 0 aliphatic rings. The van der Waals surface area contributed by atoms with Crippen LogP contribution in [0.25, 0.3) is 11.3 Å². The zero-order valence-electron chi connectivity index (χ0n) is 16.8. The number of amides is 1. The molecule has 30 heavy (non-hydrogen) atoms. The molecule has 0 spiro atoms. The number of hydrogen-bond donors (Lipinski definition) is 1. The number of nitrogens with one attached hydrogen (secondary N) is 1. The Kier molecular flexibility index (Phi) is 6.29. The highest BCUT2D eigenvalue weighted by molar-refractivity contribution is 5.76. The number of oxazole rings is 1. The van der Waals surface area contributed by atoms with Gasteiger partial charge in [0.2, 0.25) is 5.91 Å².